The van der Waals surface area contributed by atoms with Crippen LogP contribution in [0.5, 0.6) is 0 Å². The van der Waals surface area contributed by atoms with Gasteiger partial charge in [-0.25, -0.2) is 0 Å². The number of esters is 1. The zero-order chi connectivity index (χ0) is 13.4. The van der Waals surface area contributed by atoms with Gasteiger partial charge in [-0.05, 0) is 25.8 Å². The number of hydrogen-bond acceptors (Lipinski definition) is 3. The van der Waals surface area contributed by atoms with E-state index in [1.807, 2.05) is 13.0 Å². The molecular weight excluding hydrogens is 216 g/mol. The summed E-state index contributed by atoms with van der Waals surface area (Å²) >= 11 is 0. The van der Waals surface area contributed by atoms with E-state index in [1.165, 1.54) is 7.11 Å². The molecule has 0 fully saturated rings. The maximum atomic E-state index is 11.5. The van der Waals surface area contributed by atoms with Crippen molar-refractivity contribution in [3.63, 3.8) is 0 Å². The molecule has 0 aliphatic carbocycles. The number of ketones is 1. The molecule has 17 heavy (non-hydrogen) atoms. The van der Waals surface area contributed by atoms with E-state index in [9.17, 15) is 9.59 Å². The van der Waals surface area contributed by atoms with Gasteiger partial charge in [0.05, 0.1) is 13.0 Å². The number of hydrogen-bond donors (Lipinski definition) is 0. The first-order chi connectivity index (χ1) is 7.92. The zero-order valence-corrected chi connectivity index (χ0v) is 10.8. The maximum absolute atomic E-state index is 11.5. The van der Waals surface area contributed by atoms with Crippen molar-refractivity contribution >= 4 is 11.8 Å². The van der Waals surface area contributed by atoms with E-state index in [1.54, 1.807) is 13.0 Å². The molecule has 3 nitrogen and oxygen atoms in total. The molecule has 0 unspecified atom stereocenters. The molecule has 0 amide bonds. The number of ether oxygens (including phenoxy) is 1. The highest BCUT2D eigenvalue weighted by Gasteiger charge is 2.21. The number of carbonyl (C=O) groups is 2. The van der Waals surface area contributed by atoms with Gasteiger partial charge in [0, 0.05) is 6.42 Å². The maximum Gasteiger partial charge on any atom is 0.309 e. The van der Waals surface area contributed by atoms with Crippen LogP contribution in [-0.4, -0.2) is 18.9 Å². The Hall–Kier alpha value is -1.64. The first-order valence-corrected chi connectivity index (χ1v) is 5.48. The van der Waals surface area contributed by atoms with Crippen molar-refractivity contribution in [2.75, 3.05) is 7.11 Å². The lowest BCUT2D eigenvalue weighted by molar-refractivity contribution is -0.146. The van der Waals surface area contributed by atoms with Crippen molar-refractivity contribution in [1.29, 1.82) is 0 Å². The van der Waals surface area contributed by atoms with E-state index < -0.39 is 5.92 Å². The Morgan fingerprint density at radius 2 is 1.94 bits per heavy atom. The summed E-state index contributed by atoms with van der Waals surface area (Å²) in [6.45, 7) is 10.7. The molecule has 0 spiro atoms. The summed E-state index contributed by atoms with van der Waals surface area (Å²) in [4.78, 5) is 23.1. The highest BCUT2D eigenvalue weighted by Crippen LogP contribution is 2.16. The topological polar surface area (TPSA) is 43.4 Å². The van der Waals surface area contributed by atoms with Gasteiger partial charge in [0.25, 0.3) is 0 Å². The molecule has 0 bridgehead atoms. The molecule has 0 aromatic rings. The summed E-state index contributed by atoms with van der Waals surface area (Å²) in [5.74, 6) is -0.920. The van der Waals surface area contributed by atoms with E-state index in [2.05, 4.69) is 17.9 Å². The van der Waals surface area contributed by atoms with Crippen LogP contribution in [0.1, 0.15) is 26.7 Å². The van der Waals surface area contributed by atoms with Crippen molar-refractivity contribution in [1.82, 2.24) is 0 Å². The van der Waals surface area contributed by atoms with Gasteiger partial charge in [0.15, 0.2) is 5.78 Å². The van der Waals surface area contributed by atoms with Crippen LogP contribution in [0, 0.1) is 5.92 Å². The second-order valence-corrected chi connectivity index (χ2v) is 4.02. The normalized spacial score (nSPS) is 12.8. The van der Waals surface area contributed by atoms with E-state index in [-0.39, 0.29) is 18.2 Å². The second kappa shape index (κ2) is 7.60. The van der Waals surface area contributed by atoms with Crippen molar-refractivity contribution in [2.24, 2.45) is 5.92 Å². The average Bonchev–Trinajstić information content (AvgIpc) is 2.32. The van der Waals surface area contributed by atoms with Gasteiger partial charge >= 0.3 is 5.97 Å². The molecule has 0 aromatic heterocycles. The minimum atomic E-state index is -0.445. The number of allylic oxidation sites excluding steroid dienone is 4. The Bertz CT molecular complexity index is 350. The number of methoxy groups -OCH3 is 1. The highest BCUT2D eigenvalue weighted by molar-refractivity contribution is 5.96. The van der Waals surface area contributed by atoms with Crippen LogP contribution < -0.4 is 0 Å². The summed E-state index contributed by atoms with van der Waals surface area (Å²) in [6.07, 6.45) is 4.20. The van der Waals surface area contributed by atoms with Crippen LogP contribution in [-0.2, 0) is 14.3 Å². The van der Waals surface area contributed by atoms with Gasteiger partial charge in [-0.3, -0.25) is 9.59 Å². The minimum absolute atomic E-state index is 0.106. The molecule has 0 aliphatic heterocycles. The molecule has 0 saturated carbocycles. The molecule has 0 aliphatic rings. The summed E-state index contributed by atoms with van der Waals surface area (Å²) in [5.41, 5.74) is 1.44. The molecule has 1 atom stereocenters. The molecule has 0 N–H and O–H groups in total. The predicted octanol–water partition coefficient (Wildman–Crippen LogP) is 2.83. The second-order valence-electron chi connectivity index (χ2n) is 4.02. The number of carbonyl (C=O) groups excluding carboxylic acids is 2. The summed E-state index contributed by atoms with van der Waals surface area (Å²) in [5, 5.41) is 0. The standard InChI is InChI=1S/C14H20O3/c1-6-11(4)7-8-12(14(16)17-5)9-13(15)10(2)3/h6-7,12H,1-2,8-9H2,3-5H3/b11-7+/t12-/m0/s1. The minimum Gasteiger partial charge on any atom is -0.469 e. The monoisotopic (exact) mass is 236 g/mol. The average molecular weight is 236 g/mol. The fourth-order valence-electron chi connectivity index (χ4n) is 1.24. The highest BCUT2D eigenvalue weighted by atomic mass is 16.5. The Labute approximate surface area is 103 Å². The molecule has 0 rings (SSSR count). The van der Waals surface area contributed by atoms with Crippen LogP contribution in [0.3, 0.4) is 0 Å². The summed E-state index contributed by atoms with van der Waals surface area (Å²) in [6, 6.07) is 0. The third-order valence-electron chi connectivity index (χ3n) is 2.49. The molecule has 0 radical (unpaired) electrons. The molecule has 94 valence electrons. The van der Waals surface area contributed by atoms with Crippen LogP contribution in [0.25, 0.3) is 0 Å². The zero-order valence-electron chi connectivity index (χ0n) is 10.8. The SMILES string of the molecule is C=C/C(C)=C/C[C@@H](CC(=O)C(=C)C)C(=O)OC. The largest absolute Gasteiger partial charge is 0.469 e. The van der Waals surface area contributed by atoms with Crippen LogP contribution >= 0.6 is 0 Å². The van der Waals surface area contributed by atoms with Gasteiger partial charge in [0.1, 0.15) is 0 Å². The number of Topliss-reactive ketones (excluding diaryl/α,β-unsaturated/α-hetero) is 1. The fraction of sp³-hybridized carbons (Fsp3) is 0.429. The van der Waals surface area contributed by atoms with Crippen LogP contribution in [0.15, 0.2) is 36.5 Å². The number of rotatable bonds is 7. The lowest BCUT2D eigenvalue weighted by Crippen LogP contribution is -2.19. The Morgan fingerprint density at radius 1 is 1.35 bits per heavy atom. The summed E-state index contributed by atoms with van der Waals surface area (Å²) in [7, 11) is 1.32. The smallest absolute Gasteiger partial charge is 0.309 e. The van der Waals surface area contributed by atoms with Gasteiger partial charge in [-0.15, -0.1) is 0 Å². The quantitative estimate of drug-likeness (QED) is 0.388. The van der Waals surface area contributed by atoms with E-state index in [0.717, 1.165) is 5.57 Å². The van der Waals surface area contributed by atoms with Crippen molar-refractivity contribution in [2.45, 2.75) is 26.7 Å². The molecule has 3 heteroatoms. The fourth-order valence-corrected chi connectivity index (χ4v) is 1.24. The first-order valence-electron chi connectivity index (χ1n) is 5.48. The Morgan fingerprint density at radius 3 is 2.35 bits per heavy atom. The third-order valence-corrected chi connectivity index (χ3v) is 2.49. The van der Waals surface area contributed by atoms with E-state index >= 15 is 0 Å². The lowest BCUT2D eigenvalue weighted by Gasteiger charge is -2.12. The van der Waals surface area contributed by atoms with Gasteiger partial charge in [0.2, 0.25) is 0 Å². The van der Waals surface area contributed by atoms with Crippen LogP contribution in [0.2, 0.25) is 0 Å². The molecule has 0 aromatic carbocycles. The van der Waals surface area contributed by atoms with Gasteiger partial charge in [-0.1, -0.05) is 30.9 Å². The van der Waals surface area contributed by atoms with Crippen molar-refractivity contribution in [3.05, 3.63) is 36.5 Å². The predicted molar refractivity (Wildman–Crippen MR) is 68.5 cm³/mol. The Kier molecular flexibility index (Phi) is 6.87. The summed E-state index contributed by atoms with van der Waals surface area (Å²) < 4.78 is 4.68. The third kappa shape index (κ3) is 5.85. The van der Waals surface area contributed by atoms with E-state index in [0.29, 0.717) is 12.0 Å². The van der Waals surface area contributed by atoms with Gasteiger partial charge < -0.3 is 4.74 Å². The van der Waals surface area contributed by atoms with Crippen molar-refractivity contribution in [3.8, 4) is 0 Å². The van der Waals surface area contributed by atoms with Crippen LogP contribution in [0.4, 0.5) is 0 Å². The first kappa shape index (κ1) is 15.4. The van der Waals surface area contributed by atoms with Gasteiger partial charge in [-0.2, -0.15) is 0 Å². The van der Waals surface area contributed by atoms with Crippen molar-refractivity contribution < 1.29 is 14.3 Å². The lowest BCUT2D eigenvalue weighted by atomic mass is 9.95. The van der Waals surface area contributed by atoms with E-state index in [4.69, 9.17) is 0 Å². The molecule has 0 heterocycles. The molecular formula is C14H20O3. The molecule has 0 saturated heterocycles. The Balaban J connectivity index is 4.66.